The van der Waals surface area contributed by atoms with Gasteiger partial charge < -0.3 is 0 Å². The van der Waals surface area contributed by atoms with Gasteiger partial charge in [0.25, 0.3) is 0 Å². The van der Waals surface area contributed by atoms with Crippen molar-refractivity contribution in [3.05, 3.63) is 29.8 Å². The topological polar surface area (TPSA) is 43.1 Å². The van der Waals surface area contributed by atoms with Crippen molar-refractivity contribution in [1.82, 2.24) is 0 Å². The molecule has 12 heavy (non-hydrogen) atoms. The van der Waals surface area contributed by atoms with Crippen molar-refractivity contribution in [2.45, 2.75) is 24.7 Å². The fourth-order valence-electron chi connectivity index (χ4n) is 1.08. The molecule has 1 aromatic carbocycles. The van der Waals surface area contributed by atoms with E-state index in [4.69, 9.17) is 5.14 Å². The highest BCUT2D eigenvalue weighted by atomic mass is 32.2. The second-order valence-electron chi connectivity index (χ2n) is 2.69. The van der Waals surface area contributed by atoms with Crippen LogP contribution in [0.2, 0.25) is 0 Å². The second-order valence-corrected chi connectivity index (χ2v) is 3.76. The minimum Gasteiger partial charge on any atom is -0.248 e. The van der Waals surface area contributed by atoms with E-state index in [1.165, 1.54) is 5.56 Å². The summed E-state index contributed by atoms with van der Waals surface area (Å²) >= 11 is 0. The maximum absolute atomic E-state index is 10.8. The molecule has 0 aliphatic carbocycles. The van der Waals surface area contributed by atoms with Crippen molar-refractivity contribution < 1.29 is 4.21 Å². The van der Waals surface area contributed by atoms with Crippen molar-refractivity contribution in [2.24, 2.45) is 5.14 Å². The predicted molar refractivity (Wildman–Crippen MR) is 51.0 cm³/mol. The number of hydrogen-bond acceptors (Lipinski definition) is 1. The van der Waals surface area contributed by atoms with Crippen molar-refractivity contribution in [3.63, 3.8) is 0 Å². The molecule has 66 valence electrons. The van der Waals surface area contributed by atoms with E-state index in [0.717, 1.165) is 12.8 Å². The smallest absolute Gasteiger partial charge is 0.122 e. The number of rotatable bonds is 3. The summed E-state index contributed by atoms with van der Waals surface area (Å²) in [6, 6.07) is 7.59. The molecule has 0 bridgehead atoms. The minimum atomic E-state index is -1.34. The standard InChI is InChI=1S/C9H13NOS/c1-2-3-8-4-6-9(7-5-8)12(10)11/h4-7H,2-3,10H2,1H3. The molecule has 0 fully saturated rings. The van der Waals surface area contributed by atoms with Crippen LogP contribution in [0.1, 0.15) is 18.9 Å². The molecule has 2 N–H and O–H groups in total. The molecule has 1 aromatic rings. The molecular formula is C9H13NOS. The summed E-state index contributed by atoms with van der Waals surface area (Å²) in [6.07, 6.45) is 2.20. The summed E-state index contributed by atoms with van der Waals surface area (Å²) in [5.74, 6) is 0. The first-order valence-electron chi connectivity index (χ1n) is 3.99. The molecule has 0 radical (unpaired) electrons. The molecule has 0 saturated heterocycles. The Hall–Kier alpha value is -0.670. The predicted octanol–water partition coefficient (Wildman–Crippen LogP) is 1.62. The first-order chi connectivity index (χ1) is 5.74. The first-order valence-corrected chi connectivity index (χ1v) is 5.20. The number of benzene rings is 1. The van der Waals surface area contributed by atoms with Crippen LogP contribution in [0.5, 0.6) is 0 Å². The monoisotopic (exact) mass is 183 g/mol. The third-order valence-electron chi connectivity index (χ3n) is 1.69. The largest absolute Gasteiger partial charge is 0.248 e. The summed E-state index contributed by atoms with van der Waals surface area (Å²) in [6.45, 7) is 2.13. The summed E-state index contributed by atoms with van der Waals surface area (Å²) in [4.78, 5) is 0.690. The van der Waals surface area contributed by atoms with Gasteiger partial charge in [-0.25, -0.2) is 9.35 Å². The lowest BCUT2D eigenvalue weighted by Gasteiger charge is -1.99. The minimum absolute atomic E-state index is 0.690. The molecule has 1 rings (SSSR count). The van der Waals surface area contributed by atoms with Gasteiger partial charge in [-0.2, -0.15) is 0 Å². The summed E-state index contributed by atoms with van der Waals surface area (Å²) < 4.78 is 10.8. The van der Waals surface area contributed by atoms with Gasteiger partial charge in [-0.1, -0.05) is 25.5 Å². The molecule has 0 heterocycles. The molecule has 3 heteroatoms. The average molecular weight is 183 g/mol. The Morgan fingerprint density at radius 1 is 1.33 bits per heavy atom. The van der Waals surface area contributed by atoms with Crippen molar-refractivity contribution in [2.75, 3.05) is 0 Å². The maximum atomic E-state index is 10.8. The van der Waals surface area contributed by atoms with Gasteiger partial charge in [0, 0.05) is 0 Å². The second kappa shape index (κ2) is 4.38. The Kier molecular flexibility index (Phi) is 3.44. The van der Waals surface area contributed by atoms with E-state index in [-0.39, 0.29) is 0 Å². The molecule has 0 aliphatic heterocycles. The van der Waals surface area contributed by atoms with Crippen LogP contribution in [0, 0.1) is 0 Å². The van der Waals surface area contributed by atoms with E-state index in [0.29, 0.717) is 4.90 Å². The van der Waals surface area contributed by atoms with Gasteiger partial charge in [-0.15, -0.1) is 0 Å². The van der Waals surface area contributed by atoms with E-state index in [1.807, 2.05) is 24.3 Å². The van der Waals surface area contributed by atoms with Gasteiger partial charge in [0.05, 0.1) is 4.90 Å². The Morgan fingerprint density at radius 3 is 2.33 bits per heavy atom. The maximum Gasteiger partial charge on any atom is 0.122 e. The van der Waals surface area contributed by atoms with Gasteiger partial charge in [-0.3, -0.25) is 0 Å². The van der Waals surface area contributed by atoms with E-state index >= 15 is 0 Å². The summed E-state index contributed by atoms with van der Waals surface area (Å²) in [5.41, 5.74) is 1.27. The molecule has 2 nitrogen and oxygen atoms in total. The normalized spacial score (nSPS) is 12.8. The van der Waals surface area contributed by atoms with Gasteiger partial charge in [0.15, 0.2) is 0 Å². The first kappa shape index (κ1) is 9.42. The van der Waals surface area contributed by atoms with Crippen LogP contribution in [-0.4, -0.2) is 4.21 Å². The third kappa shape index (κ3) is 2.43. The summed E-state index contributed by atoms with van der Waals surface area (Å²) in [7, 11) is -1.34. The fourth-order valence-corrected chi connectivity index (χ4v) is 1.48. The van der Waals surface area contributed by atoms with Gasteiger partial charge in [-0.05, 0) is 24.1 Å². The molecule has 0 aromatic heterocycles. The lowest BCUT2D eigenvalue weighted by atomic mass is 10.1. The van der Waals surface area contributed by atoms with Crippen LogP contribution in [0.4, 0.5) is 0 Å². The van der Waals surface area contributed by atoms with E-state index < -0.39 is 11.0 Å². The molecule has 0 spiro atoms. The fraction of sp³-hybridized carbons (Fsp3) is 0.333. The molecule has 0 aliphatic rings. The Labute approximate surface area is 75.4 Å². The highest BCUT2D eigenvalue weighted by Crippen LogP contribution is 2.07. The van der Waals surface area contributed by atoms with Crippen LogP contribution >= 0.6 is 0 Å². The Bertz CT molecular complexity index is 268. The molecule has 1 atom stereocenters. The van der Waals surface area contributed by atoms with Crippen LogP contribution in [0.15, 0.2) is 29.2 Å². The number of aryl methyl sites for hydroxylation is 1. The number of hydrogen-bond donors (Lipinski definition) is 1. The highest BCUT2D eigenvalue weighted by Gasteiger charge is 1.96. The average Bonchev–Trinajstić information content (AvgIpc) is 2.06. The highest BCUT2D eigenvalue weighted by molar-refractivity contribution is 7.82. The third-order valence-corrected chi connectivity index (χ3v) is 2.43. The van der Waals surface area contributed by atoms with Crippen LogP contribution in [0.3, 0.4) is 0 Å². The van der Waals surface area contributed by atoms with Crippen molar-refractivity contribution >= 4 is 11.0 Å². The SMILES string of the molecule is CCCc1ccc(S(N)=O)cc1. The van der Waals surface area contributed by atoms with Gasteiger partial charge >= 0.3 is 0 Å². The molecule has 0 saturated carbocycles. The molecule has 1 unspecified atom stereocenters. The van der Waals surface area contributed by atoms with Gasteiger partial charge in [0.1, 0.15) is 11.0 Å². The Morgan fingerprint density at radius 2 is 1.92 bits per heavy atom. The van der Waals surface area contributed by atoms with Crippen molar-refractivity contribution in [3.8, 4) is 0 Å². The Balaban J connectivity index is 2.78. The van der Waals surface area contributed by atoms with Crippen molar-refractivity contribution in [1.29, 1.82) is 0 Å². The molecular weight excluding hydrogens is 170 g/mol. The van der Waals surface area contributed by atoms with E-state index in [9.17, 15) is 4.21 Å². The van der Waals surface area contributed by atoms with Crippen LogP contribution in [-0.2, 0) is 17.4 Å². The lowest BCUT2D eigenvalue weighted by molar-refractivity contribution is 0.684. The quantitative estimate of drug-likeness (QED) is 0.760. The zero-order chi connectivity index (χ0) is 8.97. The van der Waals surface area contributed by atoms with E-state index in [1.54, 1.807) is 0 Å². The van der Waals surface area contributed by atoms with E-state index in [2.05, 4.69) is 6.92 Å². The molecule has 0 amide bonds. The zero-order valence-electron chi connectivity index (χ0n) is 7.12. The van der Waals surface area contributed by atoms with Gasteiger partial charge in [0.2, 0.25) is 0 Å². The lowest BCUT2D eigenvalue weighted by Crippen LogP contribution is -2.02. The zero-order valence-corrected chi connectivity index (χ0v) is 7.93. The van der Waals surface area contributed by atoms with Crippen LogP contribution < -0.4 is 5.14 Å². The summed E-state index contributed by atoms with van der Waals surface area (Å²) in [5, 5.41) is 5.21. The van der Waals surface area contributed by atoms with Crippen LogP contribution in [0.25, 0.3) is 0 Å². The number of nitrogens with two attached hydrogens (primary N) is 1.